The summed E-state index contributed by atoms with van der Waals surface area (Å²) in [6.07, 6.45) is -0.256. The van der Waals surface area contributed by atoms with Gasteiger partial charge in [0.25, 0.3) is 0 Å². The number of nitriles is 1. The smallest absolute Gasteiger partial charge is 0.347 e. The Balaban J connectivity index is 2.17. The molecule has 0 saturated heterocycles. The highest BCUT2D eigenvalue weighted by atomic mass is 79.9. The van der Waals surface area contributed by atoms with Crippen molar-refractivity contribution in [2.45, 2.75) is 38.6 Å². The fraction of sp³-hybridized carbons (Fsp3) is 0.333. The van der Waals surface area contributed by atoms with E-state index in [-0.39, 0.29) is 25.6 Å². The van der Waals surface area contributed by atoms with E-state index >= 15 is 0 Å². The molecular weight excluding hydrogens is 492 g/mol. The van der Waals surface area contributed by atoms with Crippen LogP contribution in [0.25, 0.3) is 0 Å². The van der Waals surface area contributed by atoms with Crippen LogP contribution in [-0.2, 0) is 14.3 Å². The molecule has 0 bridgehead atoms. The maximum absolute atomic E-state index is 13.3. The highest BCUT2D eigenvalue weighted by molar-refractivity contribution is 9.10. The van der Waals surface area contributed by atoms with Crippen LogP contribution in [0.2, 0.25) is 0 Å². The summed E-state index contributed by atoms with van der Waals surface area (Å²) in [4.78, 5) is 38.5. The van der Waals surface area contributed by atoms with Gasteiger partial charge in [-0.2, -0.15) is 5.26 Å². The maximum atomic E-state index is 13.3. The molecule has 1 N–H and O–H groups in total. The molecule has 1 aliphatic heterocycles. The Hall–Kier alpha value is -3.38. The lowest BCUT2D eigenvalue weighted by molar-refractivity contribution is -0.151. The Morgan fingerprint density at radius 2 is 1.85 bits per heavy atom. The van der Waals surface area contributed by atoms with Crippen molar-refractivity contribution in [1.82, 2.24) is 5.32 Å². The molecule has 2 atom stereocenters. The fourth-order valence-corrected chi connectivity index (χ4v) is 4.29. The zero-order valence-electron chi connectivity index (χ0n) is 18.4. The molecule has 9 heteroatoms. The predicted octanol–water partition coefficient (Wildman–Crippen LogP) is 3.80. The van der Waals surface area contributed by atoms with Gasteiger partial charge in [-0.1, -0.05) is 45.8 Å². The van der Waals surface area contributed by atoms with E-state index in [4.69, 9.17) is 14.2 Å². The summed E-state index contributed by atoms with van der Waals surface area (Å²) in [6.45, 7) is 4.70. The molecule has 33 heavy (non-hydrogen) atoms. The summed E-state index contributed by atoms with van der Waals surface area (Å²) in [5, 5.41) is 12.7. The number of esters is 1. The number of carbonyl (C=O) groups excluding carboxylic acids is 3. The minimum Gasteiger partial charge on any atom is -0.463 e. The Kier molecular flexibility index (Phi) is 7.39. The summed E-state index contributed by atoms with van der Waals surface area (Å²) in [5.74, 6) is -2.09. The Morgan fingerprint density at radius 3 is 2.42 bits per heavy atom. The molecule has 0 spiro atoms. The van der Waals surface area contributed by atoms with Gasteiger partial charge in [-0.3, -0.25) is 9.59 Å². The van der Waals surface area contributed by atoms with Crippen LogP contribution in [0.15, 0.2) is 40.9 Å². The molecule has 1 heterocycles. The first-order valence-corrected chi connectivity index (χ1v) is 11.1. The SMILES string of the molecule is CCOC(=O)C(C#N)(NC(C)=O)C(CC(=O)c1ccc(C)cc1)c1cc2c(cc1Br)OCO2. The largest absolute Gasteiger partial charge is 0.463 e. The highest BCUT2D eigenvalue weighted by Gasteiger charge is 2.51. The van der Waals surface area contributed by atoms with E-state index in [0.29, 0.717) is 27.1 Å². The second-order valence-corrected chi connectivity index (χ2v) is 8.45. The third-order valence-corrected chi connectivity index (χ3v) is 5.99. The topological polar surface area (TPSA) is 115 Å². The van der Waals surface area contributed by atoms with Crippen molar-refractivity contribution in [3.05, 3.63) is 57.6 Å². The van der Waals surface area contributed by atoms with Gasteiger partial charge in [0.05, 0.1) is 6.61 Å². The molecule has 0 radical (unpaired) electrons. The molecule has 2 aromatic rings. The van der Waals surface area contributed by atoms with E-state index in [1.807, 2.05) is 13.0 Å². The molecule has 172 valence electrons. The molecule has 2 aromatic carbocycles. The van der Waals surface area contributed by atoms with Crippen molar-refractivity contribution in [2.24, 2.45) is 0 Å². The van der Waals surface area contributed by atoms with Crippen LogP contribution in [-0.4, -0.2) is 36.6 Å². The average Bonchev–Trinajstić information content (AvgIpc) is 3.23. The van der Waals surface area contributed by atoms with Crippen LogP contribution in [0.1, 0.15) is 47.7 Å². The van der Waals surface area contributed by atoms with Crippen molar-refractivity contribution >= 4 is 33.6 Å². The van der Waals surface area contributed by atoms with Crippen LogP contribution in [0.4, 0.5) is 0 Å². The lowest BCUT2D eigenvalue weighted by Crippen LogP contribution is -2.58. The number of benzene rings is 2. The van der Waals surface area contributed by atoms with Gasteiger partial charge in [-0.25, -0.2) is 4.79 Å². The summed E-state index contributed by atoms with van der Waals surface area (Å²) < 4.78 is 16.5. The molecule has 0 aromatic heterocycles. The molecule has 0 aliphatic carbocycles. The van der Waals surface area contributed by atoms with Gasteiger partial charge in [-0.05, 0) is 31.5 Å². The van der Waals surface area contributed by atoms with E-state index in [0.717, 1.165) is 5.56 Å². The first-order chi connectivity index (χ1) is 15.7. The summed E-state index contributed by atoms with van der Waals surface area (Å²) in [6, 6.07) is 12.1. The van der Waals surface area contributed by atoms with Gasteiger partial charge < -0.3 is 19.5 Å². The molecule has 1 amide bonds. The van der Waals surface area contributed by atoms with Crippen molar-refractivity contribution in [3.63, 3.8) is 0 Å². The van der Waals surface area contributed by atoms with Crippen molar-refractivity contribution in [3.8, 4) is 17.6 Å². The number of nitrogens with zero attached hydrogens (tertiary/aromatic N) is 1. The Bertz CT molecular complexity index is 1130. The lowest BCUT2D eigenvalue weighted by Gasteiger charge is -2.34. The predicted molar refractivity (Wildman–Crippen MR) is 122 cm³/mol. The monoisotopic (exact) mass is 514 g/mol. The maximum Gasteiger partial charge on any atom is 0.347 e. The standard InChI is InChI=1S/C24H23BrN2O6/c1-4-31-23(30)24(12-26,27-15(3)28)18(10-20(29)16-7-5-14(2)6-8-16)17-9-21-22(11-19(17)25)33-13-32-21/h5-9,11,18H,4,10,13H2,1-3H3,(H,27,28). The second kappa shape index (κ2) is 10.0. The molecular formula is C24H23BrN2O6. The summed E-state index contributed by atoms with van der Waals surface area (Å²) >= 11 is 3.46. The van der Waals surface area contributed by atoms with Gasteiger partial charge in [-0.15, -0.1) is 0 Å². The molecule has 0 saturated carbocycles. The van der Waals surface area contributed by atoms with Crippen molar-refractivity contribution < 1.29 is 28.6 Å². The Morgan fingerprint density at radius 1 is 1.21 bits per heavy atom. The van der Waals surface area contributed by atoms with Crippen LogP contribution >= 0.6 is 15.9 Å². The summed E-state index contributed by atoms with van der Waals surface area (Å²) in [5.41, 5.74) is -0.333. The molecule has 1 aliphatic rings. The first kappa shape index (κ1) is 24.3. The number of rotatable bonds is 8. The van der Waals surface area contributed by atoms with Crippen LogP contribution in [0.5, 0.6) is 11.5 Å². The highest BCUT2D eigenvalue weighted by Crippen LogP contribution is 2.44. The third kappa shape index (κ3) is 5.01. The zero-order chi connectivity index (χ0) is 24.2. The number of Topliss-reactive ketones (excluding diaryl/α,β-unsaturated/α-hetero) is 1. The fourth-order valence-electron chi connectivity index (χ4n) is 3.69. The van der Waals surface area contributed by atoms with E-state index in [2.05, 4.69) is 21.2 Å². The van der Waals surface area contributed by atoms with E-state index in [9.17, 15) is 19.6 Å². The number of nitrogens with one attached hydrogen (secondary N) is 1. The van der Waals surface area contributed by atoms with Crippen molar-refractivity contribution in [1.29, 1.82) is 5.26 Å². The van der Waals surface area contributed by atoms with Gasteiger partial charge in [0, 0.05) is 29.3 Å². The van der Waals surface area contributed by atoms with Crippen LogP contribution in [0.3, 0.4) is 0 Å². The zero-order valence-corrected chi connectivity index (χ0v) is 20.0. The molecule has 2 unspecified atom stereocenters. The van der Waals surface area contributed by atoms with Crippen molar-refractivity contribution in [2.75, 3.05) is 13.4 Å². The number of ketones is 1. The number of carbonyl (C=O) groups is 3. The minimum absolute atomic E-state index is 0.0111. The number of fused-ring (bicyclic) bond motifs is 1. The van der Waals surface area contributed by atoms with E-state index in [1.165, 1.54) is 6.92 Å². The quantitative estimate of drug-likeness (QED) is 0.420. The summed E-state index contributed by atoms with van der Waals surface area (Å²) in [7, 11) is 0. The molecule has 0 fully saturated rings. The lowest BCUT2D eigenvalue weighted by atomic mass is 9.76. The third-order valence-electron chi connectivity index (χ3n) is 5.30. The van der Waals surface area contributed by atoms with Gasteiger partial charge >= 0.3 is 5.97 Å². The number of amides is 1. The second-order valence-electron chi connectivity index (χ2n) is 7.59. The average molecular weight is 515 g/mol. The van der Waals surface area contributed by atoms with Gasteiger partial charge in [0.15, 0.2) is 17.3 Å². The number of halogens is 1. The van der Waals surface area contributed by atoms with E-state index < -0.39 is 23.3 Å². The van der Waals surface area contributed by atoms with Gasteiger partial charge in [0.2, 0.25) is 18.2 Å². The number of aryl methyl sites for hydroxylation is 1. The minimum atomic E-state index is -2.15. The first-order valence-electron chi connectivity index (χ1n) is 10.3. The van der Waals surface area contributed by atoms with Crippen LogP contribution in [0, 0.1) is 18.3 Å². The van der Waals surface area contributed by atoms with Crippen LogP contribution < -0.4 is 14.8 Å². The normalized spacial score (nSPS) is 14.5. The number of hydrogen-bond acceptors (Lipinski definition) is 7. The molecule has 3 rings (SSSR count). The van der Waals surface area contributed by atoms with Gasteiger partial charge in [0.1, 0.15) is 6.07 Å². The Labute approximate surface area is 199 Å². The number of hydrogen-bond donors (Lipinski definition) is 1. The number of ether oxygens (including phenoxy) is 3. The molecule has 8 nitrogen and oxygen atoms in total. The van der Waals surface area contributed by atoms with E-state index in [1.54, 1.807) is 43.3 Å².